The lowest BCUT2D eigenvalue weighted by molar-refractivity contribution is -0.143. The van der Waals surface area contributed by atoms with Gasteiger partial charge in [-0.15, -0.1) is 0 Å². The second kappa shape index (κ2) is 10.9. The van der Waals surface area contributed by atoms with Crippen LogP contribution in [0.3, 0.4) is 0 Å². The van der Waals surface area contributed by atoms with Gasteiger partial charge in [-0.05, 0) is 47.4 Å². The fraction of sp³-hybridized carbons (Fsp3) is 0.464. The van der Waals surface area contributed by atoms with Crippen molar-refractivity contribution in [1.29, 1.82) is 0 Å². The summed E-state index contributed by atoms with van der Waals surface area (Å²) in [4.78, 5) is 36.7. The molecule has 2 aromatic carbocycles. The number of carboxylic acids is 1. The van der Waals surface area contributed by atoms with E-state index in [0.29, 0.717) is 12.8 Å². The van der Waals surface area contributed by atoms with Crippen LogP contribution in [-0.2, 0) is 14.3 Å². The van der Waals surface area contributed by atoms with Gasteiger partial charge in [0.1, 0.15) is 6.61 Å². The molecule has 186 valence electrons. The number of nitrogens with one attached hydrogen (secondary N) is 2. The summed E-state index contributed by atoms with van der Waals surface area (Å²) in [6, 6.07) is 15.8. The van der Waals surface area contributed by atoms with Gasteiger partial charge in [-0.25, -0.2) is 4.79 Å². The minimum absolute atomic E-state index is 0.0255. The van der Waals surface area contributed by atoms with Gasteiger partial charge in [-0.1, -0.05) is 68.8 Å². The molecule has 0 aromatic heterocycles. The first-order valence-corrected chi connectivity index (χ1v) is 12.5. The van der Waals surface area contributed by atoms with Crippen LogP contribution in [0.4, 0.5) is 4.79 Å². The molecular weight excluding hydrogens is 444 g/mol. The van der Waals surface area contributed by atoms with Crippen LogP contribution in [0.2, 0.25) is 0 Å². The highest BCUT2D eigenvalue weighted by Crippen LogP contribution is 2.44. The van der Waals surface area contributed by atoms with E-state index in [9.17, 15) is 19.5 Å². The predicted molar refractivity (Wildman–Crippen MR) is 133 cm³/mol. The number of fused-ring (bicyclic) bond motifs is 3. The van der Waals surface area contributed by atoms with Crippen LogP contribution in [0.5, 0.6) is 0 Å². The first-order chi connectivity index (χ1) is 16.8. The van der Waals surface area contributed by atoms with E-state index in [0.717, 1.165) is 24.0 Å². The number of alkyl carbamates (subject to hydrolysis) is 1. The van der Waals surface area contributed by atoms with Gasteiger partial charge in [-0.2, -0.15) is 0 Å². The number of benzene rings is 2. The zero-order valence-corrected chi connectivity index (χ0v) is 20.3. The molecule has 1 fully saturated rings. The molecule has 7 heteroatoms. The molecule has 0 bridgehead atoms. The Morgan fingerprint density at radius 3 is 2.23 bits per heavy atom. The van der Waals surface area contributed by atoms with Crippen molar-refractivity contribution in [3.63, 3.8) is 0 Å². The third kappa shape index (κ3) is 5.84. The number of carbonyl (C=O) groups is 3. The van der Waals surface area contributed by atoms with Crippen molar-refractivity contribution in [2.45, 2.75) is 64.0 Å². The van der Waals surface area contributed by atoms with Gasteiger partial charge >= 0.3 is 12.1 Å². The van der Waals surface area contributed by atoms with Gasteiger partial charge in [0.05, 0.1) is 5.92 Å². The smallest absolute Gasteiger partial charge is 0.407 e. The molecule has 2 aromatic rings. The highest BCUT2D eigenvalue weighted by Gasteiger charge is 2.31. The van der Waals surface area contributed by atoms with Crippen molar-refractivity contribution in [3.8, 4) is 11.1 Å². The molecule has 1 saturated carbocycles. The molecule has 0 aliphatic heterocycles. The molecule has 0 saturated heterocycles. The van der Waals surface area contributed by atoms with E-state index >= 15 is 0 Å². The highest BCUT2D eigenvalue weighted by molar-refractivity contribution is 5.80. The average molecular weight is 479 g/mol. The van der Waals surface area contributed by atoms with E-state index in [1.165, 1.54) is 11.1 Å². The first-order valence-electron chi connectivity index (χ1n) is 12.5. The Bertz CT molecular complexity index is 1040. The number of aliphatic carboxylic acids is 1. The summed E-state index contributed by atoms with van der Waals surface area (Å²) in [6.07, 6.45) is 2.25. The number of rotatable bonds is 8. The lowest BCUT2D eigenvalue weighted by Crippen LogP contribution is -2.45. The number of carboxylic acid groups (broad SMARTS) is 1. The SMILES string of the molecule is CC(C)C(CC(=O)N[C@H]1CCC[C@@H](C(=O)O)C1)NC(=O)OCC1c2ccccc2-c2ccccc21. The third-order valence-corrected chi connectivity index (χ3v) is 7.25. The summed E-state index contributed by atoms with van der Waals surface area (Å²) < 4.78 is 5.65. The lowest BCUT2D eigenvalue weighted by atomic mass is 9.85. The Morgan fingerprint density at radius 2 is 1.63 bits per heavy atom. The van der Waals surface area contributed by atoms with Gasteiger partial charge in [0.2, 0.25) is 5.91 Å². The van der Waals surface area contributed by atoms with Crippen LogP contribution in [0, 0.1) is 11.8 Å². The molecule has 2 aliphatic carbocycles. The van der Waals surface area contributed by atoms with Gasteiger partial charge in [0, 0.05) is 24.4 Å². The van der Waals surface area contributed by atoms with E-state index in [2.05, 4.69) is 34.9 Å². The maximum Gasteiger partial charge on any atom is 0.407 e. The molecule has 7 nitrogen and oxygen atoms in total. The Morgan fingerprint density at radius 1 is 1.00 bits per heavy atom. The topological polar surface area (TPSA) is 105 Å². The summed E-state index contributed by atoms with van der Waals surface area (Å²) in [5.41, 5.74) is 4.63. The van der Waals surface area contributed by atoms with Crippen LogP contribution in [0.1, 0.15) is 63.0 Å². The fourth-order valence-corrected chi connectivity index (χ4v) is 5.28. The summed E-state index contributed by atoms with van der Waals surface area (Å²) in [5, 5.41) is 15.1. The summed E-state index contributed by atoms with van der Waals surface area (Å²) >= 11 is 0. The lowest BCUT2D eigenvalue weighted by Gasteiger charge is -2.28. The second-order valence-electron chi connectivity index (χ2n) is 9.99. The van der Waals surface area contributed by atoms with Crippen molar-refractivity contribution in [2.24, 2.45) is 11.8 Å². The predicted octanol–water partition coefficient (Wildman–Crippen LogP) is 4.70. The van der Waals surface area contributed by atoms with Crippen molar-refractivity contribution in [1.82, 2.24) is 10.6 Å². The Kier molecular flexibility index (Phi) is 7.73. The van der Waals surface area contributed by atoms with Gasteiger partial charge in [0.15, 0.2) is 0 Å². The number of ether oxygens (including phenoxy) is 1. The number of hydrogen-bond donors (Lipinski definition) is 3. The minimum atomic E-state index is -0.805. The van der Waals surface area contributed by atoms with Crippen molar-refractivity contribution < 1.29 is 24.2 Å². The van der Waals surface area contributed by atoms with Crippen molar-refractivity contribution >= 4 is 18.0 Å². The van der Waals surface area contributed by atoms with Gasteiger partial charge < -0.3 is 20.5 Å². The van der Waals surface area contributed by atoms with Crippen molar-refractivity contribution in [3.05, 3.63) is 59.7 Å². The molecule has 2 amide bonds. The third-order valence-electron chi connectivity index (χ3n) is 7.25. The molecule has 0 spiro atoms. The monoisotopic (exact) mass is 478 g/mol. The molecule has 4 rings (SSSR count). The molecule has 35 heavy (non-hydrogen) atoms. The number of carbonyl (C=O) groups excluding carboxylic acids is 2. The van der Waals surface area contributed by atoms with E-state index in [-0.39, 0.29) is 42.9 Å². The molecule has 3 atom stereocenters. The van der Waals surface area contributed by atoms with Crippen LogP contribution in [0.15, 0.2) is 48.5 Å². The van der Waals surface area contributed by atoms with Crippen LogP contribution >= 0.6 is 0 Å². The zero-order valence-electron chi connectivity index (χ0n) is 20.3. The van der Waals surface area contributed by atoms with E-state index < -0.39 is 18.0 Å². The largest absolute Gasteiger partial charge is 0.481 e. The number of hydrogen-bond acceptors (Lipinski definition) is 4. The molecular formula is C28H34N2O5. The summed E-state index contributed by atoms with van der Waals surface area (Å²) in [6.45, 7) is 4.11. The van der Waals surface area contributed by atoms with Gasteiger partial charge in [-0.3, -0.25) is 9.59 Å². The maximum atomic E-state index is 12.7. The van der Waals surface area contributed by atoms with E-state index in [1.807, 2.05) is 38.1 Å². The molecule has 0 radical (unpaired) electrons. The highest BCUT2D eigenvalue weighted by atomic mass is 16.5. The summed E-state index contributed by atoms with van der Waals surface area (Å²) in [7, 11) is 0. The maximum absolute atomic E-state index is 12.7. The molecule has 3 N–H and O–H groups in total. The fourth-order valence-electron chi connectivity index (χ4n) is 5.28. The quantitative estimate of drug-likeness (QED) is 0.510. The van der Waals surface area contributed by atoms with Crippen LogP contribution < -0.4 is 10.6 Å². The molecule has 0 heterocycles. The van der Waals surface area contributed by atoms with E-state index in [1.54, 1.807) is 0 Å². The molecule has 2 aliphatic rings. The Labute approximate surface area is 206 Å². The Hall–Kier alpha value is -3.35. The van der Waals surface area contributed by atoms with Gasteiger partial charge in [0.25, 0.3) is 0 Å². The van der Waals surface area contributed by atoms with Crippen LogP contribution in [-0.4, -0.2) is 41.8 Å². The second-order valence-corrected chi connectivity index (χ2v) is 9.99. The standard InChI is InChI=1S/C28H34N2O5/c1-17(2)25(15-26(31)29-19-9-7-8-18(14-19)27(32)33)30-28(34)35-16-24-22-12-5-3-10-20(22)21-11-4-6-13-23(21)24/h3-6,10-13,17-19,24-25H,7-9,14-16H2,1-2H3,(H,29,31)(H,30,34)(H,32,33)/t18-,19+,25?/m1/s1. The molecule has 1 unspecified atom stereocenters. The van der Waals surface area contributed by atoms with Crippen molar-refractivity contribution in [2.75, 3.05) is 6.61 Å². The summed E-state index contributed by atoms with van der Waals surface area (Å²) in [5.74, 6) is -1.39. The normalized spacial score (nSPS) is 20.0. The first kappa shape index (κ1) is 24.8. The van der Waals surface area contributed by atoms with E-state index in [4.69, 9.17) is 4.74 Å². The van der Waals surface area contributed by atoms with Crippen LogP contribution in [0.25, 0.3) is 11.1 Å². The number of amides is 2. The Balaban J connectivity index is 1.32. The average Bonchev–Trinajstić information content (AvgIpc) is 3.16. The minimum Gasteiger partial charge on any atom is -0.481 e. The zero-order chi connectivity index (χ0) is 24.9.